The molecule has 5 nitrogen and oxygen atoms in total. The van der Waals surface area contributed by atoms with E-state index in [1.165, 1.54) is 10.5 Å². The van der Waals surface area contributed by atoms with Gasteiger partial charge >= 0.3 is 0 Å². The molecule has 1 saturated heterocycles. The molecule has 0 saturated carbocycles. The molecule has 0 aliphatic carbocycles. The maximum Gasteiger partial charge on any atom is 0.229 e. The van der Waals surface area contributed by atoms with Crippen LogP contribution in [0.3, 0.4) is 0 Å². The fourth-order valence-corrected chi connectivity index (χ4v) is 3.29. The van der Waals surface area contributed by atoms with Crippen molar-refractivity contribution < 1.29 is 14.7 Å². The van der Waals surface area contributed by atoms with Gasteiger partial charge in [-0.05, 0) is 17.5 Å². The molecule has 0 aromatic heterocycles. The van der Waals surface area contributed by atoms with Crippen molar-refractivity contribution in [3.05, 3.63) is 35.4 Å². The molecular formula is C16H20N2O3. The second-order valence-electron chi connectivity index (χ2n) is 5.62. The minimum atomic E-state index is -0.0713. The smallest absolute Gasteiger partial charge is 0.229 e. The molecule has 5 heteroatoms. The molecule has 2 amide bonds. The number of likely N-dealkylation sites (tertiary alicyclic amines) is 1. The Labute approximate surface area is 124 Å². The first-order valence-electron chi connectivity index (χ1n) is 7.46. The number of benzene rings is 1. The topological polar surface area (TPSA) is 60.9 Å². The van der Waals surface area contributed by atoms with Crippen LogP contribution >= 0.6 is 0 Å². The number of nitrogens with zero attached hydrogens (tertiary/aromatic N) is 2. The molecule has 1 atom stereocenters. The maximum atomic E-state index is 11.6. The van der Waals surface area contributed by atoms with Crippen molar-refractivity contribution in [2.75, 3.05) is 26.2 Å². The van der Waals surface area contributed by atoms with E-state index in [0.717, 1.165) is 18.5 Å². The monoisotopic (exact) mass is 288 g/mol. The van der Waals surface area contributed by atoms with E-state index in [-0.39, 0.29) is 24.5 Å². The normalized spacial score (nSPS) is 22.7. The minimum absolute atomic E-state index is 0.0391. The predicted molar refractivity (Wildman–Crippen MR) is 77.5 cm³/mol. The van der Waals surface area contributed by atoms with Crippen molar-refractivity contribution in [3.8, 4) is 0 Å². The first kappa shape index (κ1) is 14.2. The summed E-state index contributed by atoms with van der Waals surface area (Å²) in [5, 5.41) is 9.72. The van der Waals surface area contributed by atoms with Gasteiger partial charge in [0.1, 0.15) is 0 Å². The lowest BCUT2D eigenvalue weighted by molar-refractivity contribution is -0.138. The summed E-state index contributed by atoms with van der Waals surface area (Å²) < 4.78 is 0. The number of aliphatic hydroxyl groups is 1. The SMILES string of the molecule is O=C1CCC(=O)N1CCN1CCc2ccccc2C1CO. The summed E-state index contributed by atoms with van der Waals surface area (Å²) in [6.45, 7) is 1.95. The average Bonchev–Trinajstić information content (AvgIpc) is 2.83. The quantitative estimate of drug-likeness (QED) is 0.830. The van der Waals surface area contributed by atoms with E-state index in [1.54, 1.807) is 0 Å². The fraction of sp³-hybridized carbons (Fsp3) is 0.500. The third-order valence-corrected chi connectivity index (χ3v) is 4.46. The summed E-state index contributed by atoms with van der Waals surface area (Å²) in [6, 6.07) is 8.11. The number of carbonyl (C=O) groups is 2. The van der Waals surface area contributed by atoms with Gasteiger partial charge in [0.2, 0.25) is 11.8 Å². The maximum absolute atomic E-state index is 11.6. The summed E-state index contributed by atoms with van der Waals surface area (Å²) in [7, 11) is 0. The Morgan fingerprint density at radius 3 is 2.48 bits per heavy atom. The van der Waals surface area contributed by atoms with E-state index >= 15 is 0 Å². The zero-order valence-corrected chi connectivity index (χ0v) is 12.0. The standard InChI is InChI=1S/C16H20N2O3/c19-11-14-13-4-2-1-3-12(13)7-8-17(14)9-10-18-15(20)5-6-16(18)21/h1-4,14,19H,5-11H2. The lowest BCUT2D eigenvalue weighted by atomic mass is 9.93. The minimum Gasteiger partial charge on any atom is -0.394 e. The summed E-state index contributed by atoms with van der Waals surface area (Å²) >= 11 is 0. The third kappa shape index (κ3) is 2.71. The van der Waals surface area contributed by atoms with E-state index in [4.69, 9.17) is 0 Å². The van der Waals surface area contributed by atoms with Crippen molar-refractivity contribution in [1.29, 1.82) is 0 Å². The van der Waals surface area contributed by atoms with Crippen LogP contribution in [-0.2, 0) is 16.0 Å². The van der Waals surface area contributed by atoms with Gasteiger partial charge in [0.05, 0.1) is 12.6 Å². The molecule has 2 aliphatic rings. The number of imide groups is 1. The van der Waals surface area contributed by atoms with Crippen LogP contribution in [0.2, 0.25) is 0 Å². The Hall–Kier alpha value is -1.72. The van der Waals surface area contributed by atoms with Gasteiger partial charge in [-0.1, -0.05) is 24.3 Å². The molecular weight excluding hydrogens is 268 g/mol. The van der Waals surface area contributed by atoms with Crippen LogP contribution < -0.4 is 0 Å². The number of aliphatic hydroxyl groups excluding tert-OH is 1. The highest BCUT2D eigenvalue weighted by Crippen LogP contribution is 2.29. The fourth-order valence-electron chi connectivity index (χ4n) is 3.29. The Morgan fingerprint density at radius 2 is 1.76 bits per heavy atom. The molecule has 0 radical (unpaired) electrons. The highest BCUT2D eigenvalue weighted by atomic mass is 16.3. The second-order valence-corrected chi connectivity index (χ2v) is 5.62. The molecule has 1 N–H and O–H groups in total. The van der Waals surface area contributed by atoms with Gasteiger partial charge < -0.3 is 5.11 Å². The van der Waals surface area contributed by atoms with E-state index in [9.17, 15) is 14.7 Å². The first-order chi connectivity index (χ1) is 10.2. The van der Waals surface area contributed by atoms with E-state index in [1.807, 2.05) is 12.1 Å². The lowest BCUT2D eigenvalue weighted by Gasteiger charge is -2.37. The van der Waals surface area contributed by atoms with Crippen molar-refractivity contribution in [1.82, 2.24) is 9.80 Å². The van der Waals surface area contributed by atoms with Crippen molar-refractivity contribution in [3.63, 3.8) is 0 Å². The van der Waals surface area contributed by atoms with Crippen LogP contribution in [0.25, 0.3) is 0 Å². The number of hydrogen-bond acceptors (Lipinski definition) is 4. The Kier molecular flexibility index (Phi) is 4.03. The summed E-state index contributed by atoms with van der Waals surface area (Å²) in [5.74, 6) is -0.143. The molecule has 3 rings (SSSR count). The van der Waals surface area contributed by atoms with Gasteiger partial charge in [0.25, 0.3) is 0 Å². The number of hydrogen-bond donors (Lipinski definition) is 1. The number of carbonyl (C=O) groups excluding carboxylic acids is 2. The van der Waals surface area contributed by atoms with Crippen LogP contribution in [0.15, 0.2) is 24.3 Å². The van der Waals surface area contributed by atoms with Crippen molar-refractivity contribution >= 4 is 11.8 Å². The Morgan fingerprint density at radius 1 is 1.05 bits per heavy atom. The number of rotatable bonds is 4. The van der Waals surface area contributed by atoms with Crippen molar-refractivity contribution in [2.45, 2.75) is 25.3 Å². The predicted octanol–water partition coefficient (Wildman–Crippen LogP) is 0.727. The Balaban J connectivity index is 1.69. The van der Waals surface area contributed by atoms with Crippen LogP contribution in [0.5, 0.6) is 0 Å². The molecule has 0 bridgehead atoms. The molecule has 112 valence electrons. The van der Waals surface area contributed by atoms with Gasteiger partial charge in [-0.25, -0.2) is 0 Å². The second kappa shape index (κ2) is 5.95. The first-order valence-corrected chi connectivity index (χ1v) is 7.46. The molecule has 1 unspecified atom stereocenters. The van der Waals surface area contributed by atoms with Crippen molar-refractivity contribution in [2.24, 2.45) is 0 Å². The zero-order valence-electron chi connectivity index (χ0n) is 12.0. The van der Waals surface area contributed by atoms with E-state index in [2.05, 4.69) is 17.0 Å². The summed E-state index contributed by atoms with van der Waals surface area (Å²) in [5.41, 5.74) is 2.44. The van der Waals surface area contributed by atoms with Crippen LogP contribution in [0.1, 0.15) is 30.0 Å². The largest absolute Gasteiger partial charge is 0.394 e. The van der Waals surface area contributed by atoms with Gasteiger partial charge in [0.15, 0.2) is 0 Å². The summed E-state index contributed by atoms with van der Waals surface area (Å²) in [4.78, 5) is 26.8. The van der Waals surface area contributed by atoms with Gasteiger partial charge in [-0.2, -0.15) is 0 Å². The third-order valence-electron chi connectivity index (χ3n) is 4.46. The van der Waals surface area contributed by atoms with Gasteiger partial charge in [-0.3, -0.25) is 19.4 Å². The summed E-state index contributed by atoms with van der Waals surface area (Å²) in [6.07, 6.45) is 1.62. The molecule has 1 fully saturated rings. The number of fused-ring (bicyclic) bond motifs is 1. The van der Waals surface area contributed by atoms with Gasteiger partial charge in [-0.15, -0.1) is 0 Å². The van der Waals surface area contributed by atoms with Crippen LogP contribution in [-0.4, -0.2) is 53.0 Å². The lowest BCUT2D eigenvalue weighted by Crippen LogP contribution is -2.43. The van der Waals surface area contributed by atoms with Crippen LogP contribution in [0.4, 0.5) is 0 Å². The number of amides is 2. The highest BCUT2D eigenvalue weighted by molar-refractivity contribution is 6.01. The Bertz CT molecular complexity index is 542. The molecule has 1 aromatic carbocycles. The molecule has 2 aliphatic heterocycles. The molecule has 2 heterocycles. The van der Waals surface area contributed by atoms with E-state index < -0.39 is 0 Å². The molecule has 21 heavy (non-hydrogen) atoms. The van der Waals surface area contributed by atoms with Crippen LogP contribution in [0, 0.1) is 0 Å². The average molecular weight is 288 g/mol. The van der Waals surface area contributed by atoms with Gasteiger partial charge in [0, 0.05) is 32.5 Å². The molecule has 0 spiro atoms. The van der Waals surface area contributed by atoms with E-state index in [0.29, 0.717) is 25.9 Å². The molecule has 1 aromatic rings. The zero-order chi connectivity index (χ0) is 14.8. The highest BCUT2D eigenvalue weighted by Gasteiger charge is 2.31.